The SMILES string of the molecule is [C-]1=CC=CC1.[Cl-].[Cl-].[Ti+4].c1ccc2[cH-]c(-n3cnc4ccccc43)cc2c1. The monoisotopic (exact) mass is 414 g/mol. The number of hydrogen-bond donors (Lipinski definition) is 0. The Labute approximate surface area is 180 Å². The fourth-order valence-electron chi connectivity index (χ4n) is 2.78. The molecule has 0 fully saturated rings. The Morgan fingerprint density at radius 3 is 2.46 bits per heavy atom. The summed E-state index contributed by atoms with van der Waals surface area (Å²) in [5, 5.41) is 2.54. The molecule has 0 atom stereocenters. The maximum absolute atomic E-state index is 4.43. The van der Waals surface area contributed by atoms with Gasteiger partial charge in [-0.05, 0) is 17.8 Å². The first-order chi connectivity index (χ1) is 11.4. The molecule has 5 heteroatoms. The summed E-state index contributed by atoms with van der Waals surface area (Å²) in [4.78, 5) is 4.43. The van der Waals surface area contributed by atoms with Gasteiger partial charge in [0, 0.05) is 0 Å². The fraction of sp³-hybridized carbons (Fsp3) is 0.0476. The first-order valence-corrected chi connectivity index (χ1v) is 7.71. The summed E-state index contributed by atoms with van der Waals surface area (Å²) >= 11 is 0. The summed E-state index contributed by atoms with van der Waals surface area (Å²) in [6.45, 7) is 0. The quantitative estimate of drug-likeness (QED) is 0.295. The van der Waals surface area contributed by atoms with Crippen LogP contribution >= 0.6 is 0 Å². The molecule has 2 nitrogen and oxygen atoms in total. The van der Waals surface area contributed by atoms with Gasteiger partial charge < -0.3 is 29.4 Å². The van der Waals surface area contributed by atoms with E-state index in [9.17, 15) is 0 Å². The van der Waals surface area contributed by atoms with Crippen LogP contribution in [0.2, 0.25) is 0 Å². The van der Waals surface area contributed by atoms with Crippen molar-refractivity contribution in [1.29, 1.82) is 0 Å². The van der Waals surface area contributed by atoms with Crippen LogP contribution in [0.15, 0.2) is 85.2 Å². The molecule has 1 aliphatic rings. The maximum atomic E-state index is 4.43. The number of nitrogens with zero attached hydrogens (tertiary/aromatic N) is 2. The van der Waals surface area contributed by atoms with E-state index in [1.807, 2.05) is 36.7 Å². The summed E-state index contributed by atoms with van der Waals surface area (Å²) in [5.74, 6) is 0. The molecule has 3 aromatic carbocycles. The predicted octanol–water partition coefficient (Wildman–Crippen LogP) is -0.791. The smallest absolute Gasteiger partial charge is 1.00 e. The van der Waals surface area contributed by atoms with Crippen molar-refractivity contribution >= 4 is 21.8 Å². The Balaban J connectivity index is 0.000000372. The average molecular weight is 415 g/mol. The second-order valence-electron chi connectivity index (χ2n) is 5.45. The summed E-state index contributed by atoms with van der Waals surface area (Å²) in [6.07, 6.45) is 11.9. The minimum absolute atomic E-state index is 0. The van der Waals surface area contributed by atoms with Gasteiger partial charge in [-0.2, -0.15) is 6.08 Å². The molecule has 0 radical (unpaired) electrons. The number of para-hydroxylation sites is 2. The molecule has 128 valence electrons. The van der Waals surface area contributed by atoms with Gasteiger partial charge in [0.2, 0.25) is 0 Å². The van der Waals surface area contributed by atoms with Crippen molar-refractivity contribution in [2.24, 2.45) is 0 Å². The van der Waals surface area contributed by atoms with E-state index in [1.165, 1.54) is 16.5 Å². The minimum atomic E-state index is 0. The molecule has 1 aliphatic carbocycles. The molecule has 4 aromatic rings. The molecule has 0 N–H and O–H groups in total. The number of allylic oxidation sites excluding steroid dienone is 4. The third-order valence-electron chi connectivity index (χ3n) is 3.92. The Hall–Kier alpha value is -1.71. The molecule has 5 rings (SSSR count). The van der Waals surface area contributed by atoms with Crippen molar-refractivity contribution in [3.63, 3.8) is 0 Å². The molecule has 0 spiro atoms. The Bertz CT molecular complexity index is 972. The molecule has 0 bridgehead atoms. The van der Waals surface area contributed by atoms with E-state index in [-0.39, 0.29) is 46.5 Å². The van der Waals surface area contributed by atoms with E-state index in [1.54, 1.807) is 0 Å². The Morgan fingerprint density at radius 2 is 1.77 bits per heavy atom. The number of aromatic nitrogens is 2. The number of fused-ring (bicyclic) bond motifs is 2. The molecule has 1 heterocycles. The number of halogens is 2. The van der Waals surface area contributed by atoms with Gasteiger partial charge in [0.15, 0.2) is 0 Å². The van der Waals surface area contributed by atoms with Crippen molar-refractivity contribution in [2.75, 3.05) is 0 Å². The molecular formula is C21H16Cl2N2Ti. The van der Waals surface area contributed by atoms with Gasteiger partial charge in [-0.3, -0.25) is 6.08 Å². The Morgan fingerprint density at radius 1 is 1.00 bits per heavy atom. The van der Waals surface area contributed by atoms with Crippen LogP contribution in [0.25, 0.3) is 27.5 Å². The van der Waals surface area contributed by atoms with Crippen LogP contribution < -0.4 is 24.8 Å². The largest absolute Gasteiger partial charge is 4.00 e. The van der Waals surface area contributed by atoms with Gasteiger partial charge in [-0.1, -0.05) is 18.2 Å². The second kappa shape index (κ2) is 10.4. The van der Waals surface area contributed by atoms with Crippen molar-refractivity contribution in [3.8, 4) is 5.69 Å². The molecule has 0 aliphatic heterocycles. The van der Waals surface area contributed by atoms with Crippen LogP contribution in [-0.4, -0.2) is 9.55 Å². The summed E-state index contributed by atoms with van der Waals surface area (Å²) in [6, 6.07) is 21.0. The zero-order valence-electron chi connectivity index (χ0n) is 13.9. The van der Waals surface area contributed by atoms with Crippen molar-refractivity contribution in [3.05, 3.63) is 91.3 Å². The fourth-order valence-corrected chi connectivity index (χ4v) is 2.78. The van der Waals surface area contributed by atoms with E-state index in [4.69, 9.17) is 0 Å². The van der Waals surface area contributed by atoms with Gasteiger partial charge >= 0.3 is 21.7 Å². The normalized spacial score (nSPS) is 11.2. The molecule has 1 aromatic heterocycles. The van der Waals surface area contributed by atoms with Crippen LogP contribution in [0.4, 0.5) is 0 Å². The minimum Gasteiger partial charge on any atom is -1.00 e. The third kappa shape index (κ3) is 4.72. The van der Waals surface area contributed by atoms with Crippen molar-refractivity contribution in [2.45, 2.75) is 6.42 Å². The second-order valence-corrected chi connectivity index (χ2v) is 5.45. The van der Waals surface area contributed by atoms with E-state index >= 15 is 0 Å². The topological polar surface area (TPSA) is 17.8 Å². The van der Waals surface area contributed by atoms with Crippen LogP contribution in [0.5, 0.6) is 0 Å². The standard InChI is InChI=1S/C16H11N2.C5H5.2ClH.Ti/c1-2-6-13-10-14(9-12(13)5-1)18-11-17-15-7-3-4-8-16(15)18;1-2-4-5-3-1;;;/h1-11H;1-3H,4H2;2*1H;/q2*-1;;;+4/p-2. The van der Waals surface area contributed by atoms with Crippen LogP contribution in [-0.2, 0) is 21.7 Å². The molecule has 0 saturated carbocycles. The van der Waals surface area contributed by atoms with E-state index in [0.29, 0.717) is 0 Å². The summed E-state index contributed by atoms with van der Waals surface area (Å²) < 4.78 is 2.13. The number of imidazole rings is 1. The molecule has 26 heavy (non-hydrogen) atoms. The first-order valence-electron chi connectivity index (χ1n) is 7.71. The van der Waals surface area contributed by atoms with Crippen molar-refractivity contribution in [1.82, 2.24) is 9.55 Å². The van der Waals surface area contributed by atoms with Gasteiger partial charge in [-0.15, -0.1) is 47.5 Å². The molecule has 0 amide bonds. The molecular weight excluding hydrogens is 399 g/mol. The van der Waals surface area contributed by atoms with Gasteiger partial charge in [-0.25, -0.2) is 17.1 Å². The van der Waals surface area contributed by atoms with E-state index in [2.05, 4.69) is 64.2 Å². The summed E-state index contributed by atoms with van der Waals surface area (Å²) in [7, 11) is 0. The van der Waals surface area contributed by atoms with Crippen LogP contribution in [0.3, 0.4) is 0 Å². The predicted molar refractivity (Wildman–Crippen MR) is 95.7 cm³/mol. The van der Waals surface area contributed by atoms with Gasteiger partial charge in [0.05, 0.1) is 17.4 Å². The maximum Gasteiger partial charge on any atom is 4.00 e. The third-order valence-corrected chi connectivity index (χ3v) is 3.92. The zero-order valence-corrected chi connectivity index (χ0v) is 17.0. The first kappa shape index (κ1) is 22.3. The number of benzene rings is 2. The van der Waals surface area contributed by atoms with Gasteiger partial charge in [0.25, 0.3) is 0 Å². The Kier molecular flexibility index (Phi) is 8.97. The van der Waals surface area contributed by atoms with E-state index in [0.717, 1.165) is 17.5 Å². The van der Waals surface area contributed by atoms with Crippen LogP contribution in [0, 0.1) is 6.08 Å². The number of rotatable bonds is 1. The zero-order chi connectivity index (χ0) is 15.5. The number of hydrogen-bond acceptors (Lipinski definition) is 1. The van der Waals surface area contributed by atoms with E-state index < -0.39 is 0 Å². The average Bonchev–Trinajstić information content (AvgIpc) is 3.34. The summed E-state index contributed by atoms with van der Waals surface area (Å²) in [5.41, 5.74) is 3.35. The molecule has 0 unspecified atom stereocenters. The van der Waals surface area contributed by atoms with Crippen molar-refractivity contribution < 1.29 is 46.5 Å². The van der Waals surface area contributed by atoms with Crippen LogP contribution in [0.1, 0.15) is 6.42 Å². The molecule has 0 saturated heterocycles. The van der Waals surface area contributed by atoms with Gasteiger partial charge in [0.1, 0.15) is 0 Å².